The summed E-state index contributed by atoms with van der Waals surface area (Å²) in [5.41, 5.74) is 1.43. The largest absolute Gasteiger partial charge is 0.298 e. The smallest absolute Gasteiger partial charge is 0.153 e. The SMILES string of the molecule is CCC(CC)n1cc(C=O)c(-c2sccc2Br)n1. The van der Waals surface area contributed by atoms with Crippen molar-refractivity contribution in [2.45, 2.75) is 32.7 Å². The Morgan fingerprint density at radius 3 is 2.72 bits per heavy atom. The van der Waals surface area contributed by atoms with E-state index >= 15 is 0 Å². The number of thiophene rings is 1. The van der Waals surface area contributed by atoms with Gasteiger partial charge in [0.25, 0.3) is 0 Å². The summed E-state index contributed by atoms with van der Waals surface area (Å²) in [6.07, 6.45) is 4.77. The highest BCUT2D eigenvalue weighted by atomic mass is 79.9. The highest BCUT2D eigenvalue weighted by Crippen LogP contribution is 2.34. The highest BCUT2D eigenvalue weighted by Gasteiger charge is 2.17. The molecule has 2 heterocycles. The van der Waals surface area contributed by atoms with E-state index in [-0.39, 0.29) is 0 Å². The summed E-state index contributed by atoms with van der Waals surface area (Å²) in [6.45, 7) is 4.27. The number of carbonyl (C=O) groups excluding carboxylic acids is 1. The van der Waals surface area contributed by atoms with Crippen molar-refractivity contribution in [1.82, 2.24) is 9.78 Å². The molecule has 0 fully saturated rings. The van der Waals surface area contributed by atoms with Crippen molar-refractivity contribution in [1.29, 1.82) is 0 Å². The number of hydrogen-bond donors (Lipinski definition) is 0. The van der Waals surface area contributed by atoms with Crippen LogP contribution in [0.1, 0.15) is 43.1 Å². The van der Waals surface area contributed by atoms with E-state index in [1.807, 2.05) is 22.3 Å². The van der Waals surface area contributed by atoms with Crippen LogP contribution < -0.4 is 0 Å². The van der Waals surface area contributed by atoms with Crippen LogP contribution in [0.25, 0.3) is 10.6 Å². The quantitative estimate of drug-likeness (QED) is 0.755. The maximum absolute atomic E-state index is 11.2. The molecule has 18 heavy (non-hydrogen) atoms. The molecule has 0 amide bonds. The fraction of sp³-hybridized carbons (Fsp3) is 0.385. The van der Waals surface area contributed by atoms with Crippen LogP contribution in [0.5, 0.6) is 0 Å². The number of hydrogen-bond acceptors (Lipinski definition) is 3. The molecule has 0 atom stereocenters. The summed E-state index contributed by atoms with van der Waals surface area (Å²) < 4.78 is 2.91. The molecule has 5 heteroatoms. The van der Waals surface area contributed by atoms with E-state index in [1.165, 1.54) is 0 Å². The molecule has 0 saturated carbocycles. The summed E-state index contributed by atoms with van der Waals surface area (Å²) >= 11 is 5.08. The number of halogens is 1. The zero-order valence-corrected chi connectivity index (χ0v) is 12.8. The van der Waals surface area contributed by atoms with Crippen LogP contribution in [0, 0.1) is 0 Å². The normalized spacial score (nSPS) is 11.1. The Morgan fingerprint density at radius 2 is 2.22 bits per heavy atom. The van der Waals surface area contributed by atoms with Crippen molar-refractivity contribution < 1.29 is 4.79 Å². The lowest BCUT2D eigenvalue weighted by atomic mass is 10.2. The summed E-state index contributed by atoms with van der Waals surface area (Å²) in [4.78, 5) is 12.2. The number of aromatic nitrogens is 2. The molecule has 0 bridgehead atoms. The van der Waals surface area contributed by atoms with E-state index in [0.29, 0.717) is 11.6 Å². The Balaban J connectivity index is 2.48. The van der Waals surface area contributed by atoms with Gasteiger partial charge in [0.15, 0.2) is 6.29 Å². The molecule has 0 spiro atoms. The molecule has 0 aromatic carbocycles. The Kier molecular flexibility index (Phi) is 4.35. The first-order chi connectivity index (χ1) is 8.71. The van der Waals surface area contributed by atoms with Crippen LogP contribution in [0.15, 0.2) is 22.1 Å². The van der Waals surface area contributed by atoms with Crippen molar-refractivity contribution >= 4 is 33.6 Å². The zero-order chi connectivity index (χ0) is 13.1. The van der Waals surface area contributed by atoms with Crippen LogP contribution in [-0.2, 0) is 0 Å². The van der Waals surface area contributed by atoms with Gasteiger partial charge in [-0.3, -0.25) is 9.48 Å². The van der Waals surface area contributed by atoms with E-state index in [1.54, 1.807) is 11.3 Å². The van der Waals surface area contributed by atoms with Crippen molar-refractivity contribution in [3.05, 3.63) is 27.7 Å². The molecule has 2 rings (SSSR count). The first-order valence-corrected chi connectivity index (χ1v) is 7.66. The summed E-state index contributed by atoms with van der Waals surface area (Å²) in [7, 11) is 0. The second kappa shape index (κ2) is 5.80. The van der Waals surface area contributed by atoms with Crippen molar-refractivity contribution in [3.8, 4) is 10.6 Å². The standard InChI is InChI=1S/C13H15BrN2OS/c1-3-10(4-2)16-7-9(8-17)12(15-16)13-11(14)5-6-18-13/h5-8,10H,3-4H2,1-2H3. The minimum absolute atomic E-state index is 0.358. The molecular formula is C13H15BrN2OS. The molecule has 96 valence electrons. The second-order valence-electron chi connectivity index (χ2n) is 4.10. The van der Waals surface area contributed by atoms with Crippen molar-refractivity contribution in [2.24, 2.45) is 0 Å². The van der Waals surface area contributed by atoms with Crippen LogP contribution in [0.3, 0.4) is 0 Å². The van der Waals surface area contributed by atoms with Gasteiger partial charge in [-0.05, 0) is 40.2 Å². The van der Waals surface area contributed by atoms with Gasteiger partial charge in [-0.1, -0.05) is 13.8 Å². The predicted molar refractivity (Wildman–Crippen MR) is 78.2 cm³/mol. The molecule has 0 unspecified atom stereocenters. The molecule has 0 aliphatic carbocycles. The van der Waals surface area contributed by atoms with E-state index in [2.05, 4.69) is 34.9 Å². The highest BCUT2D eigenvalue weighted by molar-refractivity contribution is 9.10. The summed E-state index contributed by atoms with van der Waals surface area (Å²) in [5.74, 6) is 0. The molecule has 0 aliphatic heterocycles. The van der Waals surface area contributed by atoms with Crippen LogP contribution in [0.4, 0.5) is 0 Å². The van der Waals surface area contributed by atoms with Gasteiger partial charge in [0, 0.05) is 10.7 Å². The predicted octanol–water partition coefficient (Wildman–Crippen LogP) is 4.55. The van der Waals surface area contributed by atoms with Gasteiger partial charge in [-0.15, -0.1) is 11.3 Å². The van der Waals surface area contributed by atoms with Crippen LogP contribution >= 0.6 is 27.3 Å². The van der Waals surface area contributed by atoms with Gasteiger partial charge < -0.3 is 0 Å². The second-order valence-corrected chi connectivity index (χ2v) is 5.87. The first kappa shape index (κ1) is 13.5. The van der Waals surface area contributed by atoms with Crippen molar-refractivity contribution in [3.63, 3.8) is 0 Å². The molecule has 0 aliphatic rings. The van der Waals surface area contributed by atoms with Gasteiger partial charge in [0.05, 0.1) is 16.5 Å². The van der Waals surface area contributed by atoms with Gasteiger partial charge in [0.1, 0.15) is 5.69 Å². The third-order valence-corrected chi connectivity index (χ3v) is 4.88. The van der Waals surface area contributed by atoms with Crippen LogP contribution in [0.2, 0.25) is 0 Å². The minimum atomic E-state index is 0.358. The molecule has 0 radical (unpaired) electrons. The van der Waals surface area contributed by atoms with E-state index < -0.39 is 0 Å². The van der Waals surface area contributed by atoms with Gasteiger partial charge in [0.2, 0.25) is 0 Å². The van der Waals surface area contributed by atoms with Gasteiger partial charge in [-0.2, -0.15) is 5.10 Å². The Hall–Kier alpha value is -0.940. The van der Waals surface area contributed by atoms with Crippen molar-refractivity contribution in [2.75, 3.05) is 0 Å². The lowest BCUT2D eigenvalue weighted by molar-refractivity contribution is 0.112. The first-order valence-electron chi connectivity index (χ1n) is 5.98. The Morgan fingerprint density at radius 1 is 1.50 bits per heavy atom. The maximum atomic E-state index is 11.2. The number of rotatable bonds is 5. The minimum Gasteiger partial charge on any atom is -0.298 e. The lowest BCUT2D eigenvalue weighted by Gasteiger charge is -2.12. The van der Waals surface area contributed by atoms with Gasteiger partial charge in [-0.25, -0.2) is 0 Å². The van der Waals surface area contributed by atoms with Gasteiger partial charge >= 0.3 is 0 Å². The van der Waals surface area contributed by atoms with E-state index in [0.717, 1.165) is 34.2 Å². The summed E-state index contributed by atoms with van der Waals surface area (Å²) in [6, 6.07) is 2.33. The number of aldehydes is 1. The third kappa shape index (κ3) is 2.42. The lowest BCUT2D eigenvalue weighted by Crippen LogP contribution is -2.07. The molecule has 3 nitrogen and oxygen atoms in total. The molecule has 0 N–H and O–H groups in total. The molecule has 2 aromatic heterocycles. The molecular weight excluding hydrogens is 312 g/mol. The fourth-order valence-electron chi connectivity index (χ4n) is 1.98. The number of carbonyl (C=O) groups is 1. The molecule has 0 saturated heterocycles. The van der Waals surface area contributed by atoms with Crippen LogP contribution in [-0.4, -0.2) is 16.1 Å². The topological polar surface area (TPSA) is 34.9 Å². The molecule has 2 aromatic rings. The van der Waals surface area contributed by atoms with E-state index in [9.17, 15) is 4.79 Å². The Bertz CT molecular complexity index is 543. The average Bonchev–Trinajstić information content (AvgIpc) is 2.96. The fourth-order valence-corrected chi connectivity index (χ4v) is 3.55. The summed E-state index contributed by atoms with van der Waals surface area (Å²) in [5, 5.41) is 6.58. The average molecular weight is 327 g/mol. The Labute approximate surface area is 119 Å². The monoisotopic (exact) mass is 326 g/mol. The van der Waals surface area contributed by atoms with E-state index in [4.69, 9.17) is 0 Å². The maximum Gasteiger partial charge on any atom is 0.153 e. The third-order valence-electron chi connectivity index (χ3n) is 3.04. The zero-order valence-electron chi connectivity index (χ0n) is 10.4. The number of nitrogens with zero attached hydrogens (tertiary/aromatic N) is 2.